The molecule has 7 nitrogen and oxygen atoms in total. The molecule has 0 aromatic heterocycles. The first-order valence-corrected chi connectivity index (χ1v) is 11.9. The Bertz CT molecular complexity index is 766. The van der Waals surface area contributed by atoms with E-state index in [-0.39, 0.29) is 6.09 Å². The third kappa shape index (κ3) is 14.9. The normalized spacial score (nSPS) is 11.8. The van der Waals surface area contributed by atoms with Crippen LogP contribution in [0.2, 0.25) is 0 Å². The van der Waals surface area contributed by atoms with E-state index >= 15 is 0 Å². The van der Waals surface area contributed by atoms with Crippen LogP contribution in [-0.2, 0) is 10.1 Å². The van der Waals surface area contributed by atoms with Crippen LogP contribution in [-0.4, -0.2) is 68.8 Å². The molecule has 0 radical (unpaired) electrons. The zero-order valence-corrected chi connectivity index (χ0v) is 19.6. The molecule has 0 aliphatic rings. The lowest BCUT2D eigenvalue weighted by atomic mass is 10.0. The summed E-state index contributed by atoms with van der Waals surface area (Å²) in [6.07, 6.45) is 10.3. The van der Waals surface area contributed by atoms with Crippen LogP contribution in [0.4, 0.5) is 4.79 Å². The number of amides is 1. The average molecular weight is 441 g/mol. The number of benzene rings is 1. The SMILES string of the molecule is C#CCN(C)CC(C)c1cccc(OC(=O)N(C)CCCCCC)c1.CS(=O)(=O)O. The van der Waals surface area contributed by atoms with E-state index in [2.05, 4.69) is 30.7 Å². The largest absolute Gasteiger partial charge is 0.414 e. The van der Waals surface area contributed by atoms with Crippen LogP contribution in [0.25, 0.3) is 0 Å². The molecule has 0 bridgehead atoms. The van der Waals surface area contributed by atoms with Crippen molar-refractivity contribution in [2.75, 3.05) is 40.0 Å². The molecule has 1 amide bonds. The van der Waals surface area contributed by atoms with Crippen LogP contribution in [0.5, 0.6) is 5.75 Å². The van der Waals surface area contributed by atoms with Gasteiger partial charge in [0.05, 0.1) is 12.8 Å². The van der Waals surface area contributed by atoms with Gasteiger partial charge in [-0.25, -0.2) is 4.79 Å². The third-order valence-corrected chi connectivity index (χ3v) is 4.24. The van der Waals surface area contributed by atoms with Gasteiger partial charge in [-0.3, -0.25) is 9.45 Å². The second kappa shape index (κ2) is 14.8. The van der Waals surface area contributed by atoms with Crippen LogP contribution >= 0.6 is 0 Å². The molecule has 0 saturated carbocycles. The summed E-state index contributed by atoms with van der Waals surface area (Å²) in [5, 5.41) is 0. The van der Waals surface area contributed by atoms with Gasteiger partial charge < -0.3 is 9.64 Å². The lowest BCUT2D eigenvalue weighted by Gasteiger charge is -2.20. The zero-order chi connectivity index (χ0) is 23.2. The van der Waals surface area contributed by atoms with Crippen LogP contribution < -0.4 is 4.74 Å². The summed E-state index contributed by atoms with van der Waals surface area (Å²) >= 11 is 0. The van der Waals surface area contributed by atoms with E-state index in [9.17, 15) is 13.2 Å². The Balaban J connectivity index is 0.00000150. The fraction of sp³-hybridized carbons (Fsp3) is 0.591. The van der Waals surface area contributed by atoms with Crippen LogP contribution in [0.15, 0.2) is 24.3 Å². The van der Waals surface area contributed by atoms with Crippen LogP contribution in [0.1, 0.15) is 51.0 Å². The van der Waals surface area contributed by atoms with Crippen molar-refractivity contribution in [2.45, 2.75) is 45.4 Å². The Morgan fingerprint density at radius 2 is 1.90 bits per heavy atom. The second-order valence-electron chi connectivity index (χ2n) is 7.46. The summed E-state index contributed by atoms with van der Waals surface area (Å²) in [4.78, 5) is 15.9. The lowest BCUT2D eigenvalue weighted by molar-refractivity contribution is 0.162. The Kier molecular flexibility index (Phi) is 13.8. The maximum absolute atomic E-state index is 12.2. The van der Waals surface area contributed by atoms with Crippen molar-refractivity contribution in [2.24, 2.45) is 0 Å². The van der Waals surface area contributed by atoms with Crippen molar-refractivity contribution < 1.29 is 22.5 Å². The molecule has 1 aromatic rings. The fourth-order valence-corrected chi connectivity index (χ4v) is 2.72. The van der Waals surface area contributed by atoms with E-state index in [1.807, 2.05) is 25.2 Å². The molecule has 0 fully saturated rings. The summed E-state index contributed by atoms with van der Waals surface area (Å²) in [5.74, 6) is 3.55. The number of hydrogen-bond donors (Lipinski definition) is 1. The average Bonchev–Trinajstić information content (AvgIpc) is 2.64. The van der Waals surface area contributed by atoms with E-state index in [0.29, 0.717) is 24.5 Å². The number of hydrogen-bond acceptors (Lipinski definition) is 5. The molecule has 0 aliphatic carbocycles. The number of rotatable bonds is 10. The van der Waals surface area contributed by atoms with E-state index in [1.165, 1.54) is 12.8 Å². The molecule has 30 heavy (non-hydrogen) atoms. The van der Waals surface area contributed by atoms with Gasteiger partial charge in [0, 0.05) is 20.1 Å². The number of carbonyl (C=O) groups excluding carboxylic acids is 1. The van der Waals surface area contributed by atoms with E-state index in [1.54, 1.807) is 11.9 Å². The number of terminal acetylenes is 1. The molecule has 1 aromatic carbocycles. The highest BCUT2D eigenvalue weighted by Crippen LogP contribution is 2.22. The lowest BCUT2D eigenvalue weighted by Crippen LogP contribution is -2.30. The van der Waals surface area contributed by atoms with Gasteiger partial charge >= 0.3 is 6.09 Å². The van der Waals surface area contributed by atoms with Crippen molar-refractivity contribution >= 4 is 16.2 Å². The maximum atomic E-state index is 12.2. The fourth-order valence-electron chi connectivity index (χ4n) is 2.72. The molecule has 170 valence electrons. The first kappa shape index (κ1) is 27.9. The predicted molar refractivity (Wildman–Crippen MR) is 121 cm³/mol. The number of ether oxygens (including phenoxy) is 1. The Morgan fingerprint density at radius 1 is 1.27 bits per heavy atom. The zero-order valence-electron chi connectivity index (χ0n) is 18.8. The first-order valence-electron chi connectivity index (χ1n) is 10.0. The van der Waals surface area contributed by atoms with Gasteiger partial charge in [-0.1, -0.05) is 51.2 Å². The predicted octanol–water partition coefficient (Wildman–Crippen LogP) is 3.87. The van der Waals surface area contributed by atoms with Gasteiger partial charge in [0.1, 0.15) is 5.75 Å². The van der Waals surface area contributed by atoms with E-state index in [0.717, 1.165) is 31.5 Å². The molecule has 1 unspecified atom stereocenters. The van der Waals surface area contributed by atoms with Crippen molar-refractivity contribution in [3.05, 3.63) is 29.8 Å². The van der Waals surface area contributed by atoms with Gasteiger partial charge in [0.15, 0.2) is 0 Å². The minimum Gasteiger partial charge on any atom is -0.410 e. The number of carbonyl (C=O) groups is 1. The molecular formula is C22H36N2O5S. The molecule has 8 heteroatoms. The Morgan fingerprint density at radius 3 is 2.47 bits per heavy atom. The highest BCUT2D eigenvalue weighted by atomic mass is 32.2. The second-order valence-corrected chi connectivity index (χ2v) is 8.92. The molecule has 1 rings (SSSR count). The summed E-state index contributed by atoms with van der Waals surface area (Å²) in [5.41, 5.74) is 1.14. The topological polar surface area (TPSA) is 87.2 Å². The molecule has 0 saturated heterocycles. The van der Waals surface area contributed by atoms with Gasteiger partial charge in [0.25, 0.3) is 10.1 Å². The molecular weight excluding hydrogens is 404 g/mol. The summed E-state index contributed by atoms with van der Waals surface area (Å²) < 4.78 is 31.4. The Hall–Kier alpha value is -2.08. The number of unbranched alkanes of at least 4 members (excludes halogenated alkanes) is 3. The minimum absolute atomic E-state index is 0.300. The maximum Gasteiger partial charge on any atom is 0.414 e. The Labute approximate surface area is 182 Å². The summed E-state index contributed by atoms with van der Waals surface area (Å²) in [6.45, 7) is 6.54. The van der Waals surface area contributed by atoms with Crippen molar-refractivity contribution in [3.63, 3.8) is 0 Å². The van der Waals surface area contributed by atoms with Gasteiger partial charge in [-0.05, 0) is 37.1 Å². The smallest absolute Gasteiger partial charge is 0.410 e. The molecule has 1 atom stereocenters. The standard InChI is InChI=1S/C21H32N2O2.CH4O3S/c1-6-8-9-10-15-23(5)21(24)25-20-13-11-12-19(16-20)18(3)17-22(4)14-7-2;1-5(2,3)4/h2,11-13,16,18H,6,8-10,14-15,17H2,1,3-5H3;1H3,(H,2,3,4). The minimum atomic E-state index is -3.67. The van der Waals surface area contributed by atoms with Crippen molar-refractivity contribution in [3.8, 4) is 18.1 Å². The third-order valence-electron chi connectivity index (χ3n) is 4.24. The summed E-state index contributed by atoms with van der Waals surface area (Å²) in [6, 6.07) is 7.75. The molecule has 0 heterocycles. The first-order chi connectivity index (χ1) is 14.0. The van der Waals surface area contributed by atoms with Gasteiger partial charge in [-0.2, -0.15) is 8.42 Å². The van der Waals surface area contributed by atoms with Gasteiger partial charge in [-0.15, -0.1) is 6.42 Å². The highest BCUT2D eigenvalue weighted by molar-refractivity contribution is 7.85. The molecule has 0 aliphatic heterocycles. The molecule has 1 N–H and O–H groups in total. The molecule has 0 spiro atoms. The number of nitrogens with zero attached hydrogens (tertiary/aromatic N) is 2. The van der Waals surface area contributed by atoms with Gasteiger partial charge in [0.2, 0.25) is 0 Å². The van der Waals surface area contributed by atoms with Crippen molar-refractivity contribution in [1.82, 2.24) is 9.80 Å². The van der Waals surface area contributed by atoms with Crippen LogP contribution in [0, 0.1) is 12.3 Å². The quantitative estimate of drug-likeness (QED) is 0.338. The number of likely N-dealkylation sites (N-methyl/N-ethyl adjacent to an activating group) is 1. The summed E-state index contributed by atoms with van der Waals surface area (Å²) in [7, 11) is 0.128. The van der Waals surface area contributed by atoms with Crippen molar-refractivity contribution in [1.29, 1.82) is 0 Å². The van der Waals surface area contributed by atoms with Crippen LogP contribution in [0.3, 0.4) is 0 Å². The van der Waals surface area contributed by atoms with E-state index in [4.69, 9.17) is 15.7 Å². The van der Waals surface area contributed by atoms with E-state index < -0.39 is 10.1 Å². The monoisotopic (exact) mass is 440 g/mol. The highest BCUT2D eigenvalue weighted by Gasteiger charge is 2.13.